The van der Waals surface area contributed by atoms with Crippen molar-refractivity contribution in [3.8, 4) is 0 Å². The van der Waals surface area contributed by atoms with Gasteiger partial charge in [0.05, 0.1) is 19.3 Å². The highest BCUT2D eigenvalue weighted by Crippen LogP contribution is 2.67. The molecule has 198 valence electrons. The second-order valence-corrected chi connectivity index (χ2v) is 13.5. The number of aliphatic hydroxyl groups is 1. The van der Waals surface area contributed by atoms with Crippen molar-refractivity contribution < 1.29 is 19.4 Å². The summed E-state index contributed by atoms with van der Waals surface area (Å²) >= 11 is 0. The molecule has 1 N–H and O–H groups in total. The zero-order chi connectivity index (χ0) is 24.4. The zero-order valence-electron chi connectivity index (χ0n) is 22.3. The third-order valence-electron chi connectivity index (χ3n) is 12.0. The smallest absolute Gasteiger partial charge is 0.302 e. The number of carbonyl (C=O) groups is 1. The number of nitrogens with zero attached hydrogens (tertiary/aromatic N) is 2. The molecule has 0 amide bonds. The van der Waals surface area contributed by atoms with E-state index in [9.17, 15) is 9.90 Å². The molecule has 2 aliphatic heterocycles. The van der Waals surface area contributed by atoms with Crippen LogP contribution in [0.1, 0.15) is 78.6 Å². The van der Waals surface area contributed by atoms with Crippen LogP contribution in [0.3, 0.4) is 0 Å². The predicted molar refractivity (Wildman–Crippen MR) is 135 cm³/mol. The van der Waals surface area contributed by atoms with Gasteiger partial charge in [-0.15, -0.1) is 0 Å². The summed E-state index contributed by atoms with van der Waals surface area (Å²) in [6, 6.07) is 0.678. The Balaban J connectivity index is 1.27. The topological polar surface area (TPSA) is 62.2 Å². The molecule has 2 saturated heterocycles. The van der Waals surface area contributed by atoms with Crippen molar-refractivity contribution >= 4 is 5.97 Å². The number of carbonyl (C=O) groups excluding carboxylic acids is 1. The molecule has 6 nitrogen and oxygen atoms in total. The zero-order valence-corrected chi connectivity index (χ0v) is 22.3. The molecule has 6 aliphatic rings. The highest BCUT2D eigenvalue weighted by molar-refractivity contribution is 5.66. The number of ether oxygens (including phenoxy) is 2. The van der Waals surface area contributed by atoms with Gasteiger partial charge in [-0.05, 0) is 100.0 Å². The summed E-state index contributed by atoms with van der Waals surface area (Å²) in [7, 11) is 0. The molecule has 0 aromatic carbocycles. The highest BCUT2D eigenvalue weighted by atomic mass is 16.5. The number of morpholine rings is 1. The summed E-state index contributed by atoms with van der Waals surface area (Å²) in [5.41, 5.74) is 0.399. The Morgan fingerprint density at radius 1 is 0.914 bits per heavy atom. The van der Waals surface area contributed by atoms with Crippen LogP contribution in [0.5, 0.6) is 0 Å². The molecule has 0 aromatic rings. The van der Waals surface area contributed by atoms with Gasteiger partial charge in [0.2, 0.25) is 0 Å². The molecule has 2 heterocycles. The van der Waals surface area contributed by atoms with Crippen molar-refractivity contribution in [3.63, 3.8) is 0 Å². The quantitative estimate of drug-likeness (QED) is 0.611. The van der Waals surface area contributed by atoms with Crippen LogP contribution >= 0.6 is 0 Å². The molecular formula is C29H48N2O4. The fraction of sp³-hybridized carbons (Fsp3) is 0.966. The van der Waals surface area contributed by atoms with Crippen LogP contribution in [0.15, 0.2) is 0 Å². The van der Waals surface area contributed by atoms with Crippen LogP contribution < -0.4 is 0 Å². The van der Waals surface area contributed by atoms with Crippen LogP contribution in [0.25, 0.3) is 0 Å². The molecule has 6 fully saturated rings. The Bertz CT molecular complexity index is 796. The Morgan fingerprint density at radius 2 is 1.63 bits per heavy atom. The van der Waals surface area contributed by atoms with Gasteiger partial charge in [-0.1, -0.05) is 13.8 Å². The lowest BCUT2D eigenvalue weighted by molar-refractivity contribution is -0.172. The van der Waals surface area contributed by atoms with Crippen molar-refractivity contribution in [1.29, 1.82) is 0 Å². The van der Waals surface area contributed by atoms with Gasteiger partial charge >= 0.3 is 5.97 Å². The van der Waals surface area contributed by atoms with E-state index in [-0.39, 0.29) is 29.6 Å². The second kappa shape index (κ2) is 9.25. The Hall–Kier alpha value is -0.690. The molecule has 0 aromatic heterocycles. The average Bonchev–Trinajstić information content (AvgIpc) is 3.46. The second-order valence-electron chi connectivity index (χ2n) is 13.5. The summed E-state index contributed by atoms with van der Waals surface area (Å²) in [5, 5.41) is 11.2. The van der Waals surface area contributed by atoms with Gasteiger partial charge in [-0.25, -0.2) is 0 Å². The summed E-state index contributed by atoms with van der Waals surface area (Å²) < 4.78 is 11.8. The first-order valence-electron chi connectivity index (χ1n) is 14.7. The van der Waals surface area contributed by atoms with Gasteiger partial charge in [-0.3, -0.25) is 14.6 Å². The minimum absolute atomic E-state index is 0.0452. The van der Waals surface area contributed by atoms with Crippen molar-refractivity contribution in [2.24, 2.45) is 34.5 Å². The molecule has 35 heavy (non-hydrogen) atoms. The van der Waals surface area contributed by atoms with Gasteiger partial charge in [-0.2, -0.15) is 0 Å². The van der Waals surface area contributed by atoms with E-state index < -0.39 is 0 Å². The van der Waals surface area contributed by atoms with Gasteiger partial charge in [0.1, 0.15) is 6.10 Å². The molecule has 0 bridgehead atoms. The summed E-state index contributed by atoms with van der Waals surface area (Å²) in [5.74, 6) is 2.63. The van der Waals surface area contributed by atoms with Gasteiger partial charge in [0.25, 0.3) is 0 Å². The SMILES string of the molecule is CC(=O)OC1C(N2CCCC2)CC2C3CCC4CC(O)C(N5CCOCC5)CC4(C)C3CCC21C. The third-order valence-corrected chi connectivity index (χ3v) is 12.0. The van der Waals surface area contributed by atoms with Crippen LogP contribution in [-0.4, -0.2) is 84.6 Å². The van der Waals surface area contributed by atoms with Crippen molar-refractivity contribution in [1.82, 2.24) is 9.80 Å². The minimum Gasteiger partial charge on any atom is -0.460 e. The average molecular weight is 489 g/mol. The standard InChI is InChI=1S/C29H48N2O4/c1-19(32)35-27-24(30-10-4-5-11-30)17-23-21-7-6-20-16-26(33)25(31-12-14-34-15-13-31)18-29(20,3)22(21)8-9-28(23,27)2/h20-27,33H,4-18H2,1-3H3. The Morgan fingerprint density at radius 3 is 2.34 bits per heavy atom. The predicted octanol–water partition coefficient (Wildman–Crippen LogP) is 3.71. The van der Waals surface area contributed by atoms with Crippen molar-refractivity contribution in [2.45, 2.75) is 103 Å². The normalized spacial score (nSPS) is 50.9. The van der Waals surface area contributed by atoms with E-state index >= 15 is 0 Å². The Kier molecular flexibility index (Phi) is 6.51. The first-order chi connectivity index (χ1) is 16.8. The van der Waals surface area contributed by atoms with E-state index in [1.165, 1.54) is 44.9 Å². The minimum atomic E-state index is -0.198. The molecule has 10 atom stereocenters. The maximum absolute atomic E-state index is 12.2. The number of rotatable bonds is 3. The molecule has 0 spiro atoms. The first kappa shape index (κ1) is 24.6. The van der Waals surface area contributed by atoms with Gasteiger partial charge in [0, 0.05) is 37.5 Å². The van der Waals surface area contributed by atoms with Crippen LogP contribution in [0.2, 0.25) is 0 Å². The van der Waals surface area contributed by atoms with E-state index in [0.717, 1.165) is 64.1 Å². The molecule has 6 heteroatoms. The first-order valence-corrected chi connectivity index (χ1v) is 14.7. The largest absolute Gasteiger partial charge is 0.460 e. The molecule has 4 aliphatic carbocycles. The summed E-state index contributed by atoms with van der Waals surface area (Å²) in [6.07, 6.45) is 10.7. The van der Waals surface area contributed by atoms with Crippen LogP contribution in [0.4, 0.5) is 0 Å². The maximum Gasteiger partial charge on any atom is 0.302 e. The fourth-order valence-corrected chi connectivity index (χ4v) is 10.3. The summed E-state index contributed by atoms with van der Waals surface area (Å²) in [6.45, 7) is 12.5. The number of fused-ring (bicyclic) bond motifs is 5. The molecule has 10 unspecified atom stereocenters. The lowest BCUT2D eigenvalue weighted by Gasteiger charge is -2.62. The number of esters is 1. The highest BCUT2D eigenvalue weighted by Gasteiger charge is 2.65. The van der Waals surface area contributed by atoms with E-state index in [1.807, 2.05) is 0 Å². The molecular weight excluding hydrogens is 440 g/mol. The maximum atomic E-state index is 12.2. The molecule has 6 rings (SSSR count). The van der Waals surface area contributed by atoms with E-state index in [2.05, 4.69) is 23.6 Å². The van der Waals surface area contributed by atoms with Gasteiger partial charge in [0.15, 0.2) is 0 Å². The van der Waals surface area contributed by atoms with E-state index in [4.69, 9.17) is 9.47 Å². The van der Waals surface area contributed by atoms with Crippen molar-refractivity contribution in [2.75, 3.05) is 39.4 Å². The van der Waals surface area contributed by atoms with E-state index in [0.29, 0.717) is 23.3 Å². The number of aliphatic hydroxyl groups excluding tert-OH is 1. The van der Waals surface area contributed by atoms with Crippen LogP contribution in [-0.2, 0) is 14.3 Å². The monoisotopic (exact) mass is 488 g/mol. The Labute approximate surface area is 212 Å². The lowest BCUT2D eigenvalue weighted by Crippen LogP contribution is -2.61. The number of hydrogen-bond donors (Lipinski definition) is 1. The number of likely N-dealkylation sites (tertiary alicyclic amines) is 1. The van der Waals surface area contributed by atoms with Crippen molar-refractivity contribution in [3.05, 3.63) is 0 Å². The van der Waals surface area contributed by atoms with E-state index in [1.54, 1.807) is 6.92 Å². The fourth-order valence-electron chi connectivity index (χ4n) is 10.3. The lowest BCUT2D eigenvalue weighted by atomic mass is 9.44. The number of hydrogen-bond acceptors (Lipinski definition) is 6. The van der Waals surface area contributed by atoms with Gasteiger partial charge < -0.3 is 14.6 Å². The van der Waals surface area contributed by atoms with Crippen LogP contribution in [0, 0.1) is 34.5 Å². The summed E-state index contributed by atoms with van der Waals surface area (Å²) in [4.78, 5) is 17.4. The molecule has 0 radical (unpaired) electrons. The molecule has 4 saturated carbocycles. The third kappa shape index (κ3) is 4.00.